The van der Waals surface area contributed by atoms with Gasteiger partial charge >= 0.3 is 0 Å². The van der Waals surface area contributed by atoms with Gasteiger partial charge in [-0.25, -0.2) is 4.98 Å². The van der Waals surface area contributed by atoms with Crippen molar-refractivity contribution in [3.05, 3.63) is 27.9 Å². The summed E-state index contributed by atoms with van der Waals surface area (Å²) >= 11 is 0. The van der Waals surface area contributed by atoms with Crippen LogP contribution in [0.1, 0.15) is 10.4 Å². The minimum Gasteiger partial charge on any atom is -0.394 e. The molecule has 1 atom stereocenters. The van der Waals surface area contributed by atoms with Gasteiger partial charge in [0.05, 0.1) is 29.8 Å². The van der Waals surface area contributed by atoms with Crippen LogP contribution in [-0.4, -0.2) is 65.3 Å². The zero-order chi connectivity index (χ0) is 15.4. The number of nitrogens with one attached hydrogen (secondary N) is 1. The lowest BCUT2D eigenvalue weighted by Gasteiger charge is -2.32. The number of rotatable bonds is 4. The van der Waals surface area contributed by atoms with Gasteiger partial charge in [-0.1, -0.05) is 0 Å². The summed E-state index contributed by atoms with van der Waals surface area (Å²) in [5.41, 5.74) is -0.116. The van der Waals surface area contributed by atoms with Crippen molar-refractivity contribution in [2.45, 2.75) is 6.10 Å². The highest BCUT2D eigenvalue weighted by atomic mass is 16.6. The summed E-state index contributed by atoms with van der Waals surface area (Å²) in [7, 11) is 1.58. The normalized spacial score (nSPS) is 18.4. The molecular formula is C12H16N4O5. The second-order valence-corrected chi connectivity index (χ2v) is 4.52. The second kappa shape index (κ2) is 6.46. The summed E-state index contributed by atoms with van der Waals surface area (Å²) in [5.74, 6) is -0.102. The van der Waals surface area contributed by atoms with Crippen molar-refractivity contribution in [1.82, 2.24) is 9.88 Å². The molecule has 2 heterocycles. The number of amides is 1. The van der Waals surface area contributed by atoms with Crippen molar-refractivity contribution in [1.29, 1.82) is 0 Å². The number of carbonyl (C=O) groups is 1. The van der Waals surface area contributed by atoms with Crippen LogP contribution in [-0.2, 0) is 4.74 Å². The molecule has 2 rings (SSSR count). The zero-order valence-electron chi connectivity index (χ0n) is 11.5. The maximum absolute atomic E-state index is 12.5. The lowest BCUT2D eigenvalue weighted by Crippen LogP contribution is -2.47. The first-order chi connectivity index (χ1) is 10.1. The van der Waals surface area contributed by atoms with Crippen molar-refractivity contribution in [3.63, 3.8) is 0 Å². The highest BCUT2D eigenvalue weighted by Gasteiger charge is 2.27. The van der Waals surface area contributed by atoms with Gasteiger partial charge in [0.25, 0.3) is 11.6 Å². The number of aliphatic hydroxyl groups excluding tert-OH is 1. The number of hydrogen-bond acceptors (Lipinski definition) is 7. The van der Waals surface area contributed by atoms with E-state index in [4.69, 9.17) is 9.84 Å². The molecule has 1 fully saturated rings. The van der Waals surface area contributed by atoms with Gasteiger partial charge in [-0.05, 0) is 0 Å². The SMILES string of the molecule is CNc1ncc([N+](=O)[O-])cc1C(=O)N1CCOC(CO)C1. The molecular weight excluding hydrogens is 280 g/mol. The summed E-state index contributed by atoms with van der Waals surface area (Å²) in [6.07, 6.45) is 0.658. The lowest BCUT2D eigenvalue weighted by atomic mass is 10.2. The molecule has 1 saturated heterocycles. The Bertz CT molecular complexity index is 550. The summed E-state index contributed by atoms with van der Waals surface area (Å²) in [6, 6.07) is 1.20. The Hall–Kier alpha value is -2.26. The standard InChI is InChI=1S/C12H16N4O5/c1-13-11-10(4-8(5-14-11)16(19)20)12(18)15-2-3-21-9(6-15)7-17/h4-5,9,17H,2-3,6-7H2,1H3,(H,13,14). The van der Waals surface area contributed by atoms with Crippen LogP contribution in [0.25, 0.3) is 0 Å². The lowest BCUT2D eigenvalue weighted by molar-refractivity contribution is -0.385. The van der Waals surface area contributed by atoms with E-state index in [0.29, 0.717) is 13.2 Å². The third-order valence-electron chi connectivity index (χ3n) is 3.18. The number of aliphatic hydroxyl groups is 1. The number of ether oxygens (including phenoxy) is 1. The van der Waals surface area contributed by atoms with E-state index < -0.39 is 11.0 Å². The average molecular weight is 296 g/mol. The Morgan fingerprint density at radius 3 is 3.10 bits per heavy atom. The van der Waals surface area contributed by atoms with Gasteiger partial charge in [-0.3, -0.25) is 14.9 Å². The summed E-state index contributed by atoms with van der Waals surface area (Å²) in [5, 5.41) is 22.7. The molecule has 21 heavy (non-hydrogen) atoms. The monoisotopic (exact) mass is 296 g/mol. The van der Waals surface area contributed by atoms with E-state index in [0.717, 1.165) is 6.20 Å². The van der Waals surface area contributed by atoms with Crippen molar-refractivity contribution >= 4 is 17.4 Å². The van der Waals surface area contributed by atoms with Crippen LogP contribution in [0.2, 0.25) is 0 Å². The fourth-order valence-corrected chi connectivity index (χ4v) is 2.10. The Balaban J connectivity index is 2.28. The first-order valence-electron chi connectivity index (χ1n) is 6.40. The maximum Gasteiger partial charge on any atom is 0.288 e. The molecule has 0 aromatic carbocycles. The average Bonchev–Trinajstić information content (AvgIpc) is 2.53. The summed E-state index contributed by atoms with van der Waals surface area (Å²) in [6.45, 7) is 0.729. The predicted molar refractivity (Wildman–Crippen MR) is 73.2 cm³/mol. The molecule has 0 saturated carbocycles. The van der Waals surface area contributed by atoms with E-state index in [1.165, 1.54) is 11.0 Å². The van der Waals surface area contributed by atoms with Gasteiger partial charge in [0.1, 0.15) is 12.0 Å². The Morgan fingerprint density at radius 1 is 1.71 bits per heavy atom. The van der Waals surface area contributed by atoms with Gasteiger partial charge in [-0.15, -0.1) is 0 Å². The van der Waals surface area contributed by atoms with E-state index in [2.05, 4.69) is 10.3 Å². The van der Waals surface area contributed by atoms with Crippen molar-refractivity contribution in [2.24, 2.45) is 0 Å². The van der Waals surface area contributed by atoms with Crippen LogP contribution in [0.3, 0.4) is 0 Å². The van der Waals surface area contributed by atoms with Gasteiger partial charge < -0.3 is 20.1 Å². The number of nitrogens with zero attached hydrogens (tertiary/aromatic N) is 3. The Labute approximate surface area is 120 Å². The number of morpholine rings is 1. The largest absolute Gasteiger partial charge is 0.394 e. The highest BCUT2D eigenvalue weighted by Crippen LogP contribution is 2.21. The third kappa shape index (κ3) is 3.26. The molecule has 0 radical (unpaired) electrons. The zero-order valence-corrected chi connectivity index (χ0v) is 11.5. The summed E-state index contributed by atoms with van der Waals surface area (Å²) < 4.78 is 5.28. The quantitative estimate of drug-likeness (QED) is 0.586. The molecule has 1 aliphatic heterocycles. The van der Waals surface area contributed by atoms with Crippen LogP contribution < -0.4 is 5.32 Å². The van der Waals surface area contributed by atoms with E-state index in [9.17, 15) is 14.9 Å². The van der Waals surface area contributed by atoms with E-state index in [1.807, 2.05) is 0 Å². The Morgan fingerprint density at radius 2 is 2.48 bits per heavy atom. The third-order valence-corrected chi connectivity index (χ3v) is 3.18. The molecule has 1 aliphatic rings. The molecule has 1 amide bonds. The molecule has 9 heteroatoms. The fraction of sp³-hybridized carbons (Fsp3) is 0.500. The van der Waals surface area contributed by atoms with E-state index >= 15 is 0 Å². The first-order valence-corrected chi connectivity index (χ1v) is 6.40. The highest BCUT2D eigenvalue weighted by molar-refractivity contribution is 5.99. The predicted octanol–water partition coefficient (Wildman–Crippen LogP) is -0.135. The number of aromatic nitrogens is 1. The molecule has 9 nitrogen and oxygen atoms in total. The smallest absolute Gasteiger partial charge is 0.288 e. The Kier molecular flexibility index (Phi) is 4.66. The van der Waals surface area contributed by atoms with Crippen LogP contribution >= 0.6 is 0 Å². The van der Waals surface area contributed by atoms with E-state index in [1.54, 1.807) is 7.05 Å². The molecule has 0 bridgehead atoms. The molecule has 1 aromatic rings. The van der Waals surface area contributed by atoms with Crippen molar-refractivity contribution in [3.8, 4) is 0 Å². The first kappa shape index (κ1) is 15.1. The number of hydrogen-bond donors (Lipinski definition) is 2. The van der Waals surface area contributed by atoms with Crippen LogP contribution in [0.15, 0.2) is 12.3 Å². The van der Waals surface area contributed by atoms with E-state index in [-0.39, 0.29) is 36.1 Å². The minimum atomic E-state index is -0.598. The van der Waals surface area contributed by atoms with Crippen molar-refractivity contribution < 1.29 is 19.6 Å². The van der Waals surface area contributed by atoms with Crippen LogP contribution in [0.5, 0.6) is 0 Å². The molecule has 1 aromatic heterocycles. The van der Waals surface area contributed by atoms with Crippen LogP contribution in [0, 0.1) is 10.1 Å². The fourth-order valence-electron chi connectivity index (χ4n) is 2.10. The van der Waals surface area contributed by atoms with Crippen LogP contribution in [0.4, 0.5) is 11.5 Å². The molecule has 1 unspecified atom stereocenters. The topological polar surface area (TPSA) is 118 Å². The van der Waals surface area contributed by atoms with Gasteiger partial charge in [0, 0.05) is 26.2 Å². The van der Waals surface area contributed by atoms with Crippen molar-refractivity contribution in [2.75, 3.05) is 38.7 Å². The second-order valence-electron chi connectivity index (χ2n) is 4.52. The van der Waals surface area contributed by atoms with Gasteiger partial charge in [0.15, 0.2) is 0 Å². The van der Waals surface area contributed by atoms with Gasteiger partial charge in [0.2, 0.25) is 0 Å². The minimum absolute atomic E-state index is 0.130. The molecule has 0 spiro atoms. The number of anilines is 1. The molecule has 114 valence electrons. The molecule has 0 aliphatic carbocycles. The number of pyridine rings is 1. The number of nitro groups is 1. The maximum atomic E-state index is 12.5. The number of carbonyl (C=O) groups excluding carboxylic acids is 1. The summed E-state index contributed by atoms with van der Waals surface area (Å²) in [4.78, 5) is 28.1. The molecule has 2 N–H and O–H groups in total. The van der Waals surface area contributed by atoms with Gasteiger partial charge in [-0.2, -0.15) is 0 Å².